The summed E-state index contributed by atoms with van der Waals surface area (Å²) in [7, 11) is 0. The van der Waals surface area contributed by atoms with Crippen LogP contribution in [0.15, 0.2) is 29.9 Å². The molecule has 0 radical (unpaired) electrons. The van der Waals surface area contributed by atoms with E-state index >= 15 is 0 Å². The minimum Gasteiger partial charge on any atom is -0.387 e. The summed E-state index contributed by atoms with van der Waals surface area (Å²) in [6, 6.07) is 0. The first-order valence-corrected chi connectivity index (χ1v) is 6.02. The van der Waals surface area contributed by atoms with Gasteiger partial charge in [-0.25, -0.2) is 15.0 Å². The van der Waals surface area contributed by atoms with E-state index in [0.29, 0.717) is 11.5 Å². The van der Waals surface area contributed by atoms with Crippen LogP contribution in [-0.2, 0) is 0 Å². The van der Waals surface area contributed by atoms with Crippen LogP contribution in [0.5, 0.6) is 0 Å². The lowest BCUT2D eigenvalue weighted by Gasteiger charge is -2.18. The molecule has 0 aliphatic rings. The van der Waals surface area contributed by atoms with E-state index in [4.69, 9.17) is 11.5 Å². The fourth-order valence-corrected chi connectivity index (χ4v) is 1.33. The van der Waals surface area contributed by atoms with Gasteiger partial charge in [-0.1, -0.05) is 33.4 Å². The minimum absolute atomic E-state index is 0.206. The van der Waals surface area contributed by atoms with Crippen molar-refractivity contribution in [2.24, 2.45) is 16.1 Å². The van der Waals surface area contributed by atoms with E-state index in [2.05, 4.69) is 21.5 Å². The van der Waals surface area contributed by atoms with Crippen molar-refractivity contribution >= 4 is 17.5 Å². The maximum atomic E-state index is 6.01. The second-order valence-electron chi connectivity index (χ2n) is 5.26. The Morgan fingerprint density at radius 2 is 2.05 bits per heavy atom. The highest BCUT2D eigenvalue weighted by Gasteiger charge is 2.17. The summed E-state index contributed by atoms with van der Waals surface area (Å²) in [4.78, 5) is 12.6. The average Bonchev–Trinajstić information content (AvgIpc) is 2.27. The number of hydrogen-bond donors (Lipinski definition) is 2. The first-order chi connectivity index (χ1) is 8.75. The van der Waals surface area contributed by atoms with Crippen molar-refractivity contribution in [2.45, 2.75) is 27.7 Å². The third-order valence-electron chi connectivity index (χ3n) is 2.56. The second kappa shape index (κ2) is 5.65. The highest BCUT2D eigenvalue weighted by molar-refractivity contribution is 5.91. The Kier molecular flexibility index (Phi) is 4.43. The lowest BCUT2D eigenvalue weighted by molar-refractivity contribution is 0.585. The van der Waals surface area contributed by atoms with Crippen LogP contribution in [0.1, 0.15) is 32.0 Å². The zero-order valence-electron chi connectivity index (χ0n) is 11.9. The summed E-state index contributed by atoms with van der Waals surface area (Å²) in [5.41, 5.74) is 13.6. The third kappa shape index (κ3) is 3.91. The zero-order chi connectivity index (χ0) is 14.6. The molecule has 4 N–H and O–H groups in total. The van der Waals surface area contributed by atoms with E-state index in [1.165, 1.54) is 0 Å². The highest BCUT2D eigenvalue weighted by atomic mass is 15.0. The van der Waals surface area contributed by atoms with Gasteiger partial charge in [-0.2, -0.15) is 0 Å². The van der Waals surface area contributed by atoms with Gasteiger partial charge < -0.3 is 11.5 Å². The molecule has 5 nitrogen and oxygen atoms in total. The highest BCUT2D eigenvalue weighted by Crippen LogP contribution is 2.22. The number of aromatic nitrogens is 2. The molecular weight excluding hydrogens is 238 g/mol. The predicted molar refractivity (Wildman–Crippen MR) is 80.4 cm³/mol. The van der Waals surface area contributed by atoms with Gasteiger partial charge in [-0.15, -0.1) is 0 Å². The Hall–Kier alpha value is -2.17. The van der Waals surface area contributed by atoms with Crippen molar-refractivity contribution in [2.75, 3.05) is 5.73 Å². The number of hydrogen-bond acceptors (Lipinski definition) is 4. The molecule has 0 atom stereocenters. The van der Waals surface area contributed by atoms with Gasteiger partial charge in [-0.05, 0) is 13.0 Å². The van der Waals surface area contributed by atoms with Crippen molar-refractivity contribution in [3.8, 4) is 0 Å². The molecular formula is C14H21N5. The number of anilines is 1. The molecule has 0 aromatic carbocycles. The van der Waals surface area contributed by atoms with E-state index < -0.39 is 0 Å². The molecule has 102 valence electrons. The lowest BCUT2D eigenvalue weighted by atomic mass is 9.95. The number of nitrogens with zero attached hydrogens (tertiary/aromatic N) is 3. The molecule has 1 aromatic heterocycles. The predicted octanol–water partition coefficient (Wildman–Crippen LogP) is 2.30. The smallest absolute Gasteiger partial charge is 0.220 e. The fraction of sp³-hybridized carbons (Fsp3) is 0.357. The Bertz CT molecular complexity index is 535. The van der Waals surface area contributed by atoms with Gasteiger partial charge in [0.15, 0.2) is 0 Å². The Morgan fingerprint density at radius 1 is 1.42 bits per heavy atom. The average molecular weight is 259 g/mol. The molecule has 0 saturated heterocycles. The Morgan fingerprint density at radius 3 is 2.53 bits per heavy atom. The van der Waals surface area contributed by atoms with Gasteiger partial charge in [0.2, 0.25) is 5.95 Å². The first kappa shape index (κ1) is 14.9. The quantitative estimate of drug-likeness (QED) is 0.495. The minimum atomic E-state index is -0.206. The molecule has 0 unspecified atom stereocenters. The summed E-state index contributed by atoms with van der Waals surface area (Å²) < 4.78 is 0. The SMILES string of the molecule is C=C/C=C(\N=C(/N)C(C)(C)C)c1cnc(N)nc1C. The van der Waals surface area contributed by atoms with Crippen LogP contribution in [0.4, 0.5) is 5.95 Å². The molecule has 19 heavy (non-hydrogen) atoms. The second-order valence-corrected chi connectivity index (χ2v) is 5.26. The van der Waals surface area contributed by atoms with Crippen LogP contribution >= 0.6 is 0 Å². The van der Waals surface area contributed by atoms with Crippen LogP contribution in [0.3, 0.4) is 0 Å². The number of aliphatic imine (C=N–C) groups is 1. The van der Waals surface area contributed by atoms with Crippen LogP contribution in [0, 0.1) is 12.3 Å². The molecule has 5 heteroatoms. The van der Waals surface area contributed by atoms with Crippen LogP contribution in [0.2, 0.25) is 0 Å². The largest absolute Gasteiger partial charge is 0.387 e. The number of nitrogen functional groups attached to an aromatic ring is 1. The van der Waals surface area contributed by atoms with Crippen molar-refractivity contribution in [1.82, 2.24) is 9.97 Å². The molecule has 1 rings (SSSR count). The number of amidine groups is 1. The molecule has 0 fully saturated rings. The summed E-state index contributed by atoms with van der Waals surface area (Å²) in [5, 5.41) is 0. The van der Waals surface area contributed by atoms with Crippen molar-refractivity contribution in [3.63, 3.8) is 0 Å². The summed E-state index contributed by atoms with van der Waals surface area (Å²) in [6.45, 7) is 11.6. The van der Waals surface area contributed by atoms with Gasteiger partial charge >= 0.3 is 0 Å². The molecule has 0 aliphatic carbocycles. The molecule has 0 bridgehead atoms. The Labute approximate surface area is 114 Å². The van der Waals surface area contributed by atoms with Crippen molar-refractivity contribution < 1.29 is 0 Å². The number of aryl methyl sites for hydroxylation is 1. The topological polar surface area (TPSA) is 90.2 Å². The molecule has 1 aromatic rings. The van der Waals surface area contributed by atoms with Gasteiger partial charge in [0, 0.05) is 17.2 Å². The van der Waals surface area contributed by atoms with Gasteiger partial charge in [0.1, 0.15) is 5.84 Å². The van der Waals surface area contributed by atoms with Crippen LogP contribution in [-0.4, -0.2) is 15.8 Å². The van der Waals surface area contributed by atoms with Gasteiger partial charge in [0.25, 0.3) is 0 Å². The van der Waals surface area contributed by atoms with E-state index in [0.717, 1.165) is 11.3 Å². The number of nitrogens with two attached hydrogens (primary N) is 2. The number of allylic oxidation sites excluding steroid dienone is 2. The summed E-state index contributed by atoms with van der Waals surface area (Å²) >= 11 is 0. The standard InChI is InChI=1S/C14H21N5/c1-6-7-11(19-12(15)14(3,4)5)10-8-17-13(16)18-9(10)2/h6-8H,1H2,2-5H3,(H2,15,19)(H2,16,17,18)/b11-7-. The maximum Gasteiger partial charge on any atom is 0.220 e. The molecule has 0 spiro atoms. The van der Waals surface area contributed by atoms with E-state index in [1.54, 1.807) is 18.3 Å². The summed E-state index contributed by atoms with van der Waals surface area (Å²) in [6.07, 6.45) is 5.08. The molecule has 1 heterocycles. The third-order valence-corrected chi connectivity index (χ3v) is 2.56. The molecule has 0 saturated carbocycles. The maximum absolute atomic E-state index is 6.01. The molecule has 0 aliphatic heterocycles. The Balaban J connectivity index is 3.31. The van der Waals surface area contributed by atoms with Gasteiger partial charge in [0.05, 0.1) is 11.4 Å². The van der Waals surface area contributed by atoms with Crippen LogP contribution < -0.4 is 11.5 Å². The zero-order valence-corrected chi connectivity index (χ0v) is 11.9. The molecule has 0 amide bonds. The van der Waals surface area contributed by atoms with Crippen molar-refractivity contribution in [3.05, 3.63) is 36.2 Å². The fourth-order valence-electron chi connectivity index (χ4n) is 1.33. The lowest BCUT2D eigenvalue weighted by Crippen LogP contribution is -2.28. The van der Waals surface area contributed by atoms with E-state index in [1.807, 2.05) is 27.7 Å². The van der Waals surface area contributed by atoms with Crippen LogP contribution in [0.25, 0.3) is 5.70 Å². The monoisotopic (exact) mass is 259 g/mol. The normalized spacial score (nSPS) is 13.5. The first-order valence-electron chi connectivity index (χ1n) is 6.02. The van der Waals surface area contributed by atoms with Gasteiger partial charge in [-0.3, -0.25) is 0 Å². The van der Waals surface area contributed by atoms with E-state index in [-0.39, 0.29) is 11.4 Å². The number of rotatable bonds is 3. The van der Waals surface area contributed by atoms with E-state index in [9.17, 15) is 0 Å². The van der Waals surface area contributed by atoms with Crippen molar-refractivity contribution in [1.29, 1.82) is 0 Å². The summed E-state index contributed by atoms with van der Waals surface area (Å²) in [5.74, 6) is 0.781.